The lowest BCUT2D eigenvalue weighted by Gasteiger charge is -2.03. The van der Waals surface area contributed by atoms with Crippen molar-refractivity contribution in [2.75, 3.05) is 0 Å². The summed E-state index contributed by atoms with van der Waals surface area (Å²) < 4.78 is 1.95. The fraction of sp³-hybridized carbons (Fsp3) is 0.0769. The summed E-state index contributed by atoms with van der Waals surface area (Å²) in [5.74, 6) is 0.578. The Morgan fingerprint density at radius 3 is 3.00 bits per heavy atom. The molecule has 0 saturated carbocycles. The zero-order chi connectivity index (χ0) is 15.7. The number of benzene rings is 1. The van der Waals surface area contributed by atoms with Gasteiger partial charge < -0.3 is 0 Å². The van der Waals surface area contributed by atoms with Crippen LogP contribution in [-0.2, 0) is 5.75 Å². The van der Waals surface area contributed by atoms with E-state index in [1.54, 1.807) is 6.07 Å². The van der Waals surface area contributed by atoms with Crippen LogP contribution in [0.15, 0.2) is 38.8 Å². The third-order valence-electron chi connectivity index (χ3n) is 2.78. The van der Waals surface area contributed by atoms with Gasteiger partial charge in [-0.05, 0) is 23.8 Å². The van der Waals surface area contributed by atoms with Crippen LogP contribution in [0.5, 0.6) is 0 Å². The molecule has 22 heavy (non-hydrogen) atoms. The van der Waals surface area contributed by atoms with Crippen LogP contribution >= 0.6 is 39.3 Å². The number of rotatable bonds is 3. The predicted octanol–water partition coefficient (Wildman–Crippen LogP) is 3.00. The molecule has 0 unspecified atom stereocenters. The summed E-state index contributed by atoms with van der Waals surface area (Å²) in [6, 6.07) is 7.54. The molecule has 0 aliphatic heterocycles. The van der Waals surface area contributed by atoms with Crippen molar-refractivity contribution in [3.05, 3.63) is 55.5 Å². The second-order valence-electron chi connectivity index (χ2n) is 4.32. The van der Waals surface area contributed by atoms with Gasteiger partial charge in [0.1, 0.15) is 11.6 Å². The molecule has 0 spiro atoms. The van der Waals surface area contributed by atoms with Gasteiger partial charge in [0.05, 0.1) is 6.20 Å². The standard InChI is InChI=1S/C13H7BrClN5OS/c14-9-1-7(2-10(15)3-9)6-22-12-18-11-8(4-16)5-17-20(11)13(21)19-12/h1-3,5H,6H2,(H,18,19,21). The van der Waals surface area contributed by atoms with Gasteiger partial charge in [-0.3, -0.25) is 4.98 Å². The molecule has 9 heteroatoms. The molecule has 0 bridgehead atoms. The molecule has 0 aliphatic rings. The lowest BCUT2D eigenvalue weighted by atomic mass is 10.2. The third kappa shape index (κ3) is 3.02. The maximum absolute atomic E-state index is 11.9. The Kier molecular flexibility index (Phi) is 4.20. The quantitative estimate of drug-likeness (QED) is 0.688. The number of nitrogens with zero attached hydrogens (tertiary/aromatic N) is 4. The number of aromatic nitrogens is 4. The number of nitrogens with one attached hydrogen (secondary N) is 1. The van der Waals surface area contributed by atoms with Crippen LogP contribution in [-0.4, -0.2) is 19.6 Å². The fourth-order valence-electron chi connectivity index (χ4n) is 1.86. The maximum atomic E-state index is 11.9. The minimum atomic E-state index is -0.429. The van der Waals surface area contributed by atoms with E-state index in [0.717, 1.165) is 14.6 Å². The van der Waals surface area contributed by atoms with Gasteiger partial charge in [-0.1, -0.05) is 39.3 Å². The minimum absolute atomic E-state index is 0.251. The van der Waals surface area contributed by atoms with E-state index in [2.05, 4.69) is 31.0 Å². The second-order valence-corrected chi connectivity index (χ2v) is 6.64. The van der Waals surface area contributed by atoms with Crippen molar-refractivity contribution < 1.29 is 0 Å². The van der Waals surface area contributed by atoms with Crippen LogP contribution < -0.4 is 5.69 Å². The van der Waals surface area contributed by atoms with Gasteiger partial charge >= 0.3 is 5.69 Å². The molecule has 6 nitrogen and oxygen atoms in total. The molecule has 0 radical (unpaired) electrons. The molecule has 2 aromatic heterocycles. The zero-order valence-corrected chi connectivity index (χ0v) is 14.0. The molecule has 1 N–H and O–H groups in total. The molecule has 0 saturated heterocycles. The summed E-state index contributed by atoms with van der Waals surface area (Å²) in [6.45, 7) is 0. The van der Waals surface area contributed by atoms with Crippen molar-refractivity contribution in [1.82, 2.24) is 19.6 Å². The molecule has 2 heterocycles. The molecule has 3 aromatic rings. The number of thioether (sulfide) groups is 1. The molecule has 1 aromatic carbocycles. The normalized spacial score (nSPS) is 10.8. The highest BCUT2D eigenvalue weighted by molar-refractivity contribution is 9.10. The minimum Gasteiger partial charge on any atom is -0.285 e. The fourth-order valence-corrected chi connectivity index (χ4v) is 3.57. The summed E-state index contributed by atoms with van der Waals surface area (Å²) in [5.41, 5.74) is 1.07. The van der Waals surface area contributed by atoms with E-state index >= 15 is 0 Å². The Hall–Kier alpha value is -1.82. The van der Waals surface area contributed by atoms with Crippen molar-refractivity contribution >= 4 is 44.9 Å². The number of hydrogen-bond acceptors (Lipinski definition) is 5. The lowest BCUT2D eigenvalue weighted by Crippen LogP contribution is -2.19. The average molecular weight is 397 g/mol. The first-order valence-corrected chi connectivity index (χ1v) is 8.18. The average Bonchev–Trinajstić information content (AvgIpc) is 2.87. The SMILES string of the molecule is N#Cc1cnn2c(=O)[nH]c(SCc3cc(Cl)cc(Br)c3)nc12. The van der Waals surface area contributed by atoms with E-state index in [-0.39, 0.29) is 11.2 Å². The van der Waals surface area contributed by atoms with E-state index in [1.165, 1.54) is 18.0 Å². The van der Waals surface area contributed by atoms with E-state index in [1.807, 2.05) is 18.2 Å². The maximum Gasteiger partial charge on any atom is 0.350 e. The zero-order valence-electron chi connectivity index (χ0n) is 10.9. The largest absolute Gasteiger partial charge is 0.350 e. The van der Waals surface area contributed by atoms with E-state index in [0.29, 0.717) is 15.9 Å². The van der Waals surface area contributed by atoms with Crippen molar-refractivity contribution in [2.24, 2.45) is 0 Å². The van der Waals surface area contributed by atoms with Gasteiger partial charge in [0.15, 0.2) is 10.8 Å². The first-order valence-electron chi connectivity index (χ1n) is 6.03. The Bertz CT molecular complexity index is 941. The smallest absolute Gasteiger partial charge is 0.285 e. The Labute approximate surface area is 142 Å². The Morgan fingerprint density at radius 2 is 2.27 bits per heavy atom. The van der Waals surface area contributed by atoms with Gasteiger partial charge in [-0.25, -0.2) is 9.78 Å². The molecule has 0 atom stereocenters. The number of halogens is 2. The number of hydrogen-bond donors (Lipinski definition) is 1. The summed E-state index contributed by atoms with van der Waals surface area (Å²) in [5, 5.41) is 13.9. The van der Waals surface area contributed by atoms with Crippen molar-refractivity contribution in [1.29, 1.82) is 5.26 Å². The van der Waals surface area contributed by atoms with Crippen LogP contribution in [0.25, 0.3) is 5.65 Å². The highest BCUT2D eigenvalue weighted by Crippen LogP contribution is 2.25. The molecule has 110 valence electrons. The van der Waals surface area contributed by atoms with E-state index in [4.69, 9.17) is 16.9 Å². The van der Waals surface area contributed by atoms with Crippen LogP contribution in [0, 0.1) is 11.3 Å². The highest BCUT2D eigenvalue weighted by atomic mass is 79.9. The molecular formula is C13H7BrClN5OS. The third-order valence-corrected chi connectivity index (χ3v) is 4.40. The van der Waals surface area contributed by atoms with Crippen LogP contribution in [0.3, 0.4) is 0 Å². The Balaban J connectivity index is 1.91. The first kappa shape index (κ1) is 15.1. The number of fused-ring (bicyclic) bond motifs is 1. The summed E-state index contributed by atoms with van der Waals surface area (Å²) in [7, 11) is 0. The molecule has 0 aliphatic carbocycles. The van der Waals surface area contributed by atoms with Gasteiger partial charge in [0, 0.05) is 15.2 Å². The van der Waals surface area contributed by atoms with Crippen LogP contribution in [0.1, 0.15) is 11.1 Å². The van der Waals surface area contributed by atoms with Gasteiger partial charge in [0.25, 0.3) is 0 Å². The molecular weight excluding hydrogens is 390 g/mol. The number of nitriles is 1. The lowest BCUT2D eigenvalue weighted by molar-refractivity contribution is 0.786. The van der Waals surface area contributed by atoms with Crippen molar-refractivity contribution in [3.63, 3.8) is 0 Å². The monoisotopic (exact) mass is 395 g/mol. The van der Waals surface area contributed by atoms with Crippen LogP contribution in [0.2, 0.25) is 5.02 Å². The van der Waals surface area contributed by atoms with Gasteiger partial charge in [0.2, 0.25) is 0 Å². The molecule has 0 amide bonds. The van der Waals surface area contributed by atoms with Crippen molar-refractivity contribution in [2.45, 2.75) is 10.9 Å². The van der Waals surface area contributed by atoms with E-state index in [9.17, 15) is 4.79 Å². The summed E-state index contributed by atoms with van der Waals surface area (Å²) in [6.07, 6.45) is 1.32. The predicted molar refractivity (Wildman–Crippen MR) is 87.0 cm³/mol. The van der Waals surface area contributed by atoms with Gasteiger partial charge in [-0.2, -0.15) is 14.9 Å². The highest BCUT2D eigenvalue weighted by Gasteiger charge is 2.10. The summed E-state index contributed by atoms with van der Waals surface area (Å²) >= 11 is 10.7. The Morgan fingerprint density at radius 1 is 1.45 bits per heavy atom. The topological polar surface area (TPSA) is 86.8 Å². The first-order chi connectivity index (χ1) is 10.6. The number of H-pyrrole nitrogens is 1. The van der Waals surface area contributed by atoms with Gasteiger partial charge in [-0.15, -0.1) is 0 Å². The number of aromatic amines is 1. The van der Waals surface area contributed by atoms with Crippen LogP contribution in [0.4, 0.5) is 0 Å². The molecule has 3 rings (SSSR count). The summed E-state index contributed by atoms with van der Waals surface area (Å²) in [4.78, 5) is 18.8. The van der Waals surface area contributed by atoms with E-state index < -0.39 is 5.69 Å². The second kappa shape index (κ2) is 6.12. The van der Waals surface area contributed by atoms with Crippen molar-refractivity contribution in [3.8, 4) is 6.07 Å². The molecule has 0 fully saturated rings.